The van der Waals surface area contributed by atoms with Crippen molar-refractivity contribution in [2.75, 3.05) is 31.6 Å². The number of H-pyrrole nitrogens is 1. The standard InChI is InChI=1S/C22H30N4O2/c1-17-18(2)24-22(25-21(17)27)23-11-4-7-14-28-20-10-8-9-19(15-20)16-26-12-5-3-6-13-26/h4,7-10,15H,3,5-6,11-14,16H2,1-2H3,(H2,23,24,25,27)/b7-4+. The Balaban J connectivity index is 1.42. The maximum absolute atomic E-state index is 11.7. The minimum atomic E-state index is -0.105. The summed E-state index contributed by atoms with van der Waals surface area (Å²) in [5.41, 5.74) is 2.58. The fourth-order valence-corrected chi connectivity index (χ4v) is 3.29. The van der Waals surface area contributed by atoms with E-state index in [9.17, 15) is 4.79 Å². The molecule has 1 aromatic carbocycles. The summed E-state index contributed by atoms with van der Waals surface area (Å²) in [5.74, 6) is 1.39. The number of aromatic nitrogens is 2. The molecule has 1 aliphatic rings. The molecule has 2 N–H and O–H groups in total. The van der Waals surface area contributed by atoms with Crippen LogP contribution in [0.1, 0.15) is 36.1 Å². The third kappa shape index (κ3) is 5.96. The quantitative estimate of drug-likeness (QED) is 0.685. The number of likely N-dealkylation sites (tertiary alicyclic amines) is 1. The van der Waals surface area contributed by atoms with E-state index in [-0.39, 0.29) is 5.56 Å². The van der Waals surface area contributed by atoms with E-state index < -0.39 is 0 Å². The SMILES string of the molecule is Cc1nc(NC/C=C/COc2cccc(CN3CCCCC3)c2)[nH]c(=O)c1C. The van der Waals surface area contributed by atoms with Crippen LogP contribution in [-0.2, 0) is 6.54 Å². The fraction of sp³-hybridized carbons (Fsp3) is 0.455. The number of hydrogen-bond acceptors (Lipinski definition) is 5. The number of nitrogens with zero attached hydrogens (tertiary/aromatic N) is 2. The zero-order chi connectivity index (χ0) is 19.8. The van der Waals surface area contributed by atoms with E-state index >= 15 is 0 Å². The lowest BCUT2D eigenvalue weighted by Gasteiger charge is -2.26. The van der Waals surface area contributed by atoms with Gasteiger partial charge in [0.15, 0.2) is 0 Å². The van der Waals surface area contributed by atoms with Crippen LogP contribution in [0.2, 0.25) is 0 Å². The molecule has 3 rings (SSSR count). The maximum Gasteiger partial charge on any atom is 0.255 e. The minimum Gasteiger partial charge on any atom is -0.490 e. The summed E-state index contributed by atoms with van der Waals surface area (Å²) in [6.45, 7) is 8.07. The van der Waals surface area contributed by atoms with Crippen LogP contribution in [0.3, 0.4) is 0 Å². The van der Waals surface area contributed by atoms with E-state index in [1.807, 2.05) is 25.1 Å². The largest absolute Gasteiger partial charge is 0.490 e. The Morgan fingerprint density at radius 3 is 2.82 bits per heavy atom. The highest BCUT2D eigenvalue weighted by Gasteiger charge is 2.10. The number of hydrogen-bond donors (Lipinski definition) is 2. The summed E-state index contributed by atoms with van der Waals surface area (Å²) in [6.07, 6.45) is 7.90. The molecule has 6 heteroatoms. The van der Waals surface area contributed by atoms with Gasteiger partial charge in [-0.2, -0.15) is 0 Å². The third-order valence-corrected chi connectivity index (χ3v) is 5.05. The first-order chi connectivity index (χ1) is 13.6. The number of nitrogens with one attached hydrogen (secondary N) is 2. The smallest absolute Gasteiger partial charge is 0.255 e. The third-order valence-electron chi connectivity index (χ3n) is 5.05. The van der Waals surface area contributed by atoms with E-state index in [0.29, 0.717) is 24.7 Å². The van der Waals surface area contributed by atoms with E-state index in [1.165, 1.54) is 37.9 Å². The van der Waals surface area contributed by atoms with Crippen molar-refractivity contribution in [3.05, 3.63) is 63.6 Å². The molecule has 0 aliphatic carbocycles. The molecular weight excluding hydrogens is 352 g/mol. The van der Waals surface area contributed by atoms with Crippen LogP contribution < -0.4 is 15.6 Å². The Kier molecular flexibility index (Phi) is 7.25. The lowest BCUT2D eigenvalue weighted by Crippen LogP contribution is -2.29. The van der Waals surface area contributed by atoms with Crippen molar-refractivity contribution < 1.29 is 4.74 Å². The van der Waals surface area contributed by atoms with Gasteiger partial charge in [0, 0.05) is 24.3 Å². The molecule has 1 aliphatic heterocycles. The molecule has 0 spiro atoms. The summed E-state index contributed by atoms with van der Waals surface area (Å²) in [4.78, 5) is 21.3. The summed E-state index contributed by atoms with van der Waals surface area (Å²) >= 11 is 0. The van der Waals surface area contributed by atoms with E-state index in [4.69, 9.17) is 4.74 Å². The van der Waals surface area contributed by atoms with Gasteiger partial charge in [-0.3, -0.25) is 14.7 Å². The summed E-state index contributed by atoms with van der Waals surface area (Å²) in [6, 6.07) is 8.35. The fourth-order valence-electron chi connectivity index (χ4n) is 3.29. The maximum atomic E-state index is 11.7. The van der Waals surface area contributed by atoms with Crippen LogP contribution in [0.5, 0.6) is 5.75 Å². The van der Waals surface area contributed by atoms with E-state index in [1.54, 1.807) is 6.92 Å². The first-order valence-corrected chi connectivity index (χ1v) is 10.0. The number of piperidine rings is 1. The Hall–Kier alpha value is -2.60. The van der Waals surface area contributed by atoms with Crippen LogP contribution in [0.4, 0.5) is 5.95 Å². The van der Waals surface area contributed by atoms with Gasteiger partial charge in [-0.15, -0.1) is 0 Å². The van der Waals surface area contributed by atoms with Gasteiger partial charge < -0.3 is 10.1 Å². The predicted molar refractivity (Wildman–Crippen MR) is 113 cm³/mol. The molecule has 0 radical (unpaired) electrons. The van der Waals surface area contributed by atoms with Crippen LogP contribution in [-0.4, -0.2) is 41.1 Å². The van der Waals surface area contributed by atoms with Crippen molar-refractivity contribution in [2.24, 2.45) is 0 Å². The normalized spacial score (nSPS) is 15.1. The Morgan fingerprint density at radius 1 is 1.21 bits per heavy atom. The van der Waals surface area contributed by atoms with Crippen LogP contribution in [0, 0.1) is 13.8 Å². The van der Waals surface area contributed by atoms with Crippen LogP contribution in [0.25, 0.3) is 0 Å². The van der Waals surface area contributed by atoms with Gasteiger partial charge in [-0.05, 0) is 63.6 Å². The number of aryl methyl sites for hydroxylation is 1. The van der Waals surface area contributed by atoms with Gasteiger partial charge >= 0.3 is 0 Å². The van der Waals surface area contributed by atoms with E-state index in [2.05, 4.69) is 38.4 Å². The molecule has 0 atom stereocenters. The molecule has 2 heterocycles. The van der Waals surface area contributed by atoms with Crippen molar-refractivity contribution in [1.29, 1.82) is 0 Å². The van der Waals surface area contributed by atoms with Crippen molar-refractivity contribution >= 4 is 5.95 Å². The lowest BCUT2D eigenvalue weighted by molar-refractivity contribution is 0.220. The summed E-state index contributed by atoms with van der Waals surface area (Å²) in [7, 11) is 0. The zero-order valence-electron chi connectivity index (χ0n) is 16.8. The van der Waals surface area contributed by atoms with Gasteiger partial charge in [-0.25, -0.2) is 4.98 Å². The number of ether oxygens (including phenoxy) is 1. The number of aromatic amines is 1. The highest BCUT2D eigenvalue weighted by Crippen LogP contribution is 2.17. The molecule has 1 fully saturated rings. The van der Waals surface area contributed by atoms with Crippen molar-refractivity contribution in [3.63, 3.8) is 0 Å². The predicted octanol–water partition coefficient (Wildman–Crippen LogP) is 3.42. The topological polar surface area (TPSA) is 70.2 Å². The first kappa shape index (κ1) is 20.1. The Labute approximate surface area is 166 Å². The molecular formula is C22H30N4O2. The Bertz CT molecular complexity index is 854. The van der Waals surface area contributed by atoms with Gasteiger partial charge in [0.25, 0.3) is 5.56 Å². The van der Waals surface area contributed by atoms with Gasteiger partial charge in [0.2, 0.25) is 5.95 Å². The van der Waals surface area contributed by atoms with Crippen molar-refractivity contribution in [1.82, 2.24) is 14.9 Å². The number of rotatable bonds is 8. The molecule has 0 saturated carbocycles. The zero-order valence-corrected chi connectivity index (χ0v) is 16.8. The first-order valence-electron chi connectivity index (χ1n) is 10.0. The highest BCUT2D eigenvalue weighted by atomic mass is 16.5. The average molecular weight is 383 g/mol. The summed E-state index contributed by atoms with van der Waals surface area (Å²) < 4.78 is 5.84. The van der Waals surface area contributed by atoms with Crippen molar-refractivity contribution in [3.8, 4) is 5.75 Å². The van der Waals surface area contributed by atoms with Crippen LogP contribution in [0.15, 0.2) is 41.2 Å². The van der Waals surface area contributed by atoms with Crippen molar-refractivity contribution in [2.45, 2.75) is 39.7 Å². The van der Waals surface area contributed by atoms with Crippen LogP contribution >= 0.6 is 0 Å². The average Bonchev–Trinajstić information content (AvgIpc) is 2.70. The molecule has 0 amide bonds. The molecule has 150 valence electrons. The van der Waals surface area contributed by atoms with Gasteiger partial charge in [0.05, 0.1) is 0 Å². The second-order valence-corrected chi connectivity index (χ2v) is 7.27. The molecule has 0 unspecified atom stereocenters. The number of benzene rings is 1. The molecule has 2 aromatic rings. The lowest BCUT2D eigenvalue weighted by atomic mass is 10.1. The van der Waals surface area contributed by atoms with Gasteiger partial charge in [0.1, 0.15) is 12.4 Å². The van der Waals surface area contributed by atoms with Gasteiger partial charge in [-0.1, -0.05) is 24.6 Å². The highest BCUT2D eigenvalue weighted by molar-refractivity contribution is 5.30. The second-order valence-electron chi connectivity index (χ2n) is 7.27. The second kappa shape index (κ2) is 10.1. The molecule has 1 saturated heterocycles. The molecule has 6 nitrogen and oxygen atoms in total. The molecule has 28 heavy (non-hydrogen) atoms. The molecule has 0 bridgehead atoms. The monoisotopic (exact) mass is 382 g/mol. The van der Waals surface area contributed by atoms with E-state index in [0.717, 1.165) is 18.0 Å². The molecule has 1 aromatic heterocycles. The minimum absolute atomic E-state index is 0.105. The number of anilines is 1. The summed E-state index contributed by atoms with van der Waals surface area (Å²) in [5, 5.41) is 3.09. The Morgan fingerprint density at radius 2 is 2.04 bits per heavy atom.